The lowest BCUT2D eigenvalue weighted by Gasteiger charge is -2.11. The number of hydrogen-bond acceptors (Lipinski definition) is 4. The second-order valence-electron chi connectivity index (χ2n) is 4.81. The number of carbonyl (C=O) groups excluding carboxylic acids is 1. The van der Waals surface area contributed by atoms with Crippen LogP contribution in [0.15, 0.2) is 48.7 Å². The van der Waals surface area contributed by atoms with Gasteiger partial charge in [0.15, 0.2) is 0 Å². The second-order valence-corrected chi connectivity index (χ2v) is 5.96. The van der Waals surface area contributed by atoms with Gasteiger partial charge in [0.05, 0.1) is 5.56 Å². The van der Waals surface area contributed by atoms with Crippen molar-refractivity contribution in [2.75, 3.05) is 16.8 Å². The molecule has 3 rings (SSSR count). The first kappa shape index (κ1) is 13.9. The van der Waals surface area contributed by atoms with Crippen LogP contribution in [0.5, 0.6) is 5.88 Å². The number of para-hydroxylation sites is 1. The van der Waals surface area contributed by atoms with Crippen molar-refractivity contribution in [1.82, 2.24) is 4.98 Å². The SMILES string of the molecule is O=C(Nc1ccccc1)c1ccc(OC2CCSC2)nc1. The first-order chi connectivity index (χ1) is 10.3. The molecule has 1 unspecified atom stereocenters. The van der Waals surface area contributed by atoms with Gasteiger partial charge in [0.1, 0.15) is 6.10 Å². The summed E-state index contributed by atoms with van der Waals surface area (Å²) in [4.78, 5) is 16.3. The minimum atomic E-state index is -0.170. The van der Waals surface area contributed by atoms with E-state index in [1.54, 1.807) is 18.3 Å². The van der Waals surface area contributed by atoms with Crippen molar-refractivity contribution in [2.45, 2.75) is 12.5 Å². The summed E-state index contributed by atoms with van der Waals surface area (Å²) in [5.74, 6) is 2.57. The molecule has 2 aromatic rings. The Morgan fingerprint density at radius 3 is 2.76 bits per heavy atom. The van der Waals surface area contributed by atoms with E-state index in [2.05, 4.69) is 10.3 Å². The van der Waals surface area contributed by atoms with Crippen molar-refractivity contribution in [3.63, 3.8) is 0 Å². The van der Waals surface area contributed by atoms with Gasteiger partial charge in [0.25, 0.3) is 5.91 Å². The van der Waals surface area contributed by atoms with Crippen LogP contribution in [0.3, 0.4) is 0 Å². The van der Waals surface area contributed by atoms with E-state index in [-0.39, 0.29) is 12.0 Å². The van der Waals surface area contributed by atoms with Gasteiger partial charge in [-0.15, -0.1) is 0 Å². The Morgan fingerprint density at radius 2 is 2.10 bits per heavy atom. The number of carbonyl (C=O) groups is 1. The maximum Gasteiger partial charge on any atom is 0.257 e. The van der Waals surface area contributed by atoms with Crippen molar-refractivity contribution >= 4 is 23.4 Å². The number of thioether (sulfide) groups is 1. The highest BCUT2D eigenvalue weighted by atomic mass is 32.2. The number of amides is 1. The second kappa shape index (κ2) is 6.63. The van der Waals surface area contributed by atoms with E-state index in [1.807, 2.05) is 42.1 Å². The molecule has 1 atom stereocenters. The fourth-order valence-electron chi connectivity index (χ4n) is 2.09. The Balaban J connectivity index is 1.62. The molecule has 1 amide bonds. The summed E-state index contributed by atoms with van der Waals surface area (Å²) in [6.07, 6.45) is 2.85. The molecule has 1 fully saturated rings. The van der Waals surface area contributed by atoms with Crippen molar-refractivity contribution in [3.05, 3.63) is 54.2 Å². The molecule has 5 heteroatoms. The van der Waals surface area contributed by atoms with Crippen LogP contribution in [0.2, 0.25) is 0 Å². The van der Waals surface area contributed by atoms with E-state index < -0.39 is 0 Å². The molecule has 0 radical (unpaired) electrons. The smallest absolute Gasteiger partial charge is 0.257 e. The number of hydrogen-bond donors (Lipinski definition) is 1. The van der Waals surface area contributed by atoms with E-state index >= 15 is 0 Å². The maximum atomic E-state index is 12.1. The molecule has 1 aliphatic heterocycles. The minimum Gasteiger partial charge on any atom is -0.473 e. The third kappa shape index (κ3) is 3.76. The number of rotatable bonds is 4. The van der Waals surface area contributed by atoms with Crippen LogP contribution in [0.1, 0.15) is 16.8 Å². The first-order valence-electron chi connectivity index (χ1n) is 6.88. The molecule has 1 aliphatic rings. The molecular formula is C16H16N2O2S. The van der Waals surface area contributed by atoms with Gasteiger partial charge < -0.3 is 10.1 Å². The molecule has 0 saturated carbocycles. The lowest BCUT2D eigenvalue weighted by Crippen LogP contribution is -2.16. The van der Waals surface area contributed by atoms with E-state index in [9.17, 15) is 4.79 Å². The normalized spacial score (nSPS) is 17.4. The van der Waals surface area contributed by atoms with E-state index in [1.165, 1.54) is 0 Å². The van der Waals surface area contributed by atoms with Crippen LogP contribution in [-0.2, 0) is 0 Å². The summed E-state index contributed by atoms with van der Waals surface area (Å²) >= 11 is 1.89. The number of nitrogens with one attached hydrogen (secondary N) is 1. The third-order valence-electron chi connectivity index (χ3n) is 3.21. The highest BCUT2D eigenvalue weighted by molar-refractivity contribution is 7.99. The molecule has 0 aliphatic carbocycles. The van der Waals surface area contributed by atoms with Gasteiger partial charge in [0, 0.05) is 23.7 Å². The standard InChI is InChI=1S/C16H16N2O2S/c19-16(18-13-4-2-1-3-5-13)12-6-7-15(17-10-12)20-14-8-9-21-11-14/h1-7,10,14H,8-9,11H2,(H,18,19). The lowest BCUT2D eigenvalue weighted by atomic mass is 10.2. The number of pyridine rings is 1. The average molecular weight is 300 g/mol. The van der Waals surface area contributed by atoms with Crippen LogP contribution in [0.25, 0.3) is 0 Å². The van der Waals surface area contributed by atoms with Gasteiger partial charge in [-0.05, 0) is 30.4 Å². The Bertz CT molecular complexity index is 595. The van der Waals surface area contributed by atoms with E-state index in [4.69, 9.17) is 4.74 Å². The summed E-state index contributed by atoms with van der Waals surface area (Å²) < 4.78 is 5.76. The summed E-state index contributed by atoms with van der Waals surface area (Å²) in [6, 6.07) is 12.9. The summed E-state index contributed by atoms with van der Waals surface area (Å²) in [7, 11) is 0. The van der Waals surface area contributed by atoms with Crippen LogP contribution in [0.4, 0.5) is 5.69 Å². The van der Waals surface area contributed by atoms with Gasteiger partial charge >= 0.3 is 0 Å². The molecule has 2 heterocycles. The molecule has 21 heavy (non-hydrogen) atoms. The van der Waals surface area contributed by atoms with Gasteiger partial charge in [-0.1, -0.05) is 18.2 Å². The fraction of sp³-hybridized carbons (Fsp3) is 0.250. The zero-order valence-corrected chi connectivity index (χ0v) is 12.3. The number of aromatic nitrogens is 1. The Labute approximate surface area is 127 Å². The Hall–Kier alpha value is -2.01. The largest absolute Gasteiger partial charge is 0.473 e. The van der Waals surface area contributed by atoms with Gasteiger partial charge in [-0.2, -0.15) is 11.8 Å². The van der Waals surface area contributed by atoms with Crippen LogP contribution in [-0.4, -0.2) is 28.5 Å². The van der Waals surface area contributed by atoms with Crippen LogP contribution >= 0.6 is 11.8 Å². The molecule has 108 valence electrons. The zero-order chi connectivity index (χ0) is 14.5. The van der Waals surface area contributed by atoms with Crippen molar-refractivity contribution in [3.8, 4) is 5.88 Å². The minimum absolute atomic E-state index is 0.170. The van der Waals surface area contributed by atoms with Crippen LogP contribution in [0, 0.1) is 0 Å². The topological polar surface area (TPSA) is 51.2 Å². The van der Waals surface area contributed by atoms with Crippen molar-refractivity contribution < 1.29 is 9.53 Å². The van der Waals surface area contributed by atoms with E-state index in [0.29, 0.717) is 11.4 Å². The van der Waals surface area contributed by atoms with Crippen molar-refractivity contribution in [1.29, 1.82) is 0 Å². The molecule has 4 nitrogen and oxygen atoms in total. The zero-order valence-electron chi connectivity index (χ0n) is 11.5. The predicted molar refractivity (Wildman–Crippen MR) is 85.0 cm³/mol. The molecule has 0 bridgehead atoms. The third-order valence-corrected chi connectivity index (χ3v) is 4.34. The number of benzene rings is 1. The molecule has 1 aromatic heterocycles. The lowest BCUT2D eigenvalue weighted by molar-refractivity contribution is 0.102. The monoisotopic (exact) mass is 300 g/mol. The number of nitrogens with zero attached hydrogens (tertiary/aromatic N) is 1. The van der Waals surface area contributed by atoms with Gasteiger partial charge in [0.2, 0.25) is 5.88 Å². The highest BCUT2D eigenvalue weighted by Gasteiger charge is 2.17. The number of anilines is 1. The highest BCUT2D eigenvalue weighted by Crippen LogP contribution is 2.22. The summed E-state index contributed by atoms with van der Waals surface area (Å²) in [6.45, 7) is 0. The molecule has 1 saturated heterocycles. The number of ether oxygens (including phenoxy) is 1. The van der Waals surface area contributed by atoms with Gasteiger partial charge in [-0.3, -0.25) is 4.79 Å². The summed E-state index contributed by atoms with van der Waals surface area (Å²) in [5, 5.41) is 2.83. The summed E-state index contributed by atoms with van der Waals surface area (Å²) in [5.41, 5.74) is 1.29. The maximum absolute atomic E-state index is 12.1. The fourth-order valence-corrected chi connectivity index (χ4v) is 3.18. The first-order valence-corrected chi connectivity index (χ1v) is 8.03. The van der Waals surface area contributed by atoms with Gasteiger partial charge in [-0.25, -0.2) is 4.98 Å². The van der Waals surface area contributed by atoms with E-state index in [0.717, 1.165) is 23.6 Å². The predicted octanol–water partition coefficient (Wildman–Crippen LogP) is 3.22. The molecular weight excluding hydrogens is 284 g/mol. The Kier molecular flexibility index (Phi) is 4.40. The average Bonchev–Trinajstić information content (AvgIpc) is 3.02. The Morgan fingerprint density at radius 1 is 1.24 bits per heavy atom. The molecule has 1 N–H and O–H groups in total. The molecule has 1 aromatic carbocycles. The van der Waals surface area contributed by atoms with Crippen molar-refractivity contribution in [2.24, 2.45) is 0 Å². The molecule has 0 spiro atoms. The quantitative estimate of drug-likeness (QED) is 0.942. The van der Waals surface area contributed by atoms with Crippen LogP contribution < -0.4 is 10.1 Å².